The molecule has 1 aromatic heterocycles. The zero-order chi connectivity index (χ0) is 15.5. The fraction of sp³-hybridized carbons (Fsp3) is 0.400. The van der Waals surface area contributed by atoms with Gasteiger partial charge in [-0.3, -0.25) is 4.79 Å². The van der Waals surface area contributed by atoms with Gasteiger partial charge in [0.05, 0.1) is 18.0 Å². The number of benzene rings is 1. The summed E-state index contributed by atoms with van der Waals surface area (Å²) in [6, 6.07) is 9.44. The minimum atomic E-state index is -0.140. The van der Waals surface area contributed by atoms with Crippen LogP contribution in [0.2, 0.25) is 0 Å². The number of amides is 1. The van der Waals surface area contributed by atoms with Crippen molar-refractivity contribution >= 4 is 5.91 Å². The first kappa shape index (κ1) is 14.7. The lowest BCUT2D eigenvalue weighted by molar-refractivity contribution is 0.0158. The molecule has 3 rings (SSSR count). The van der Waals surface area contributed by atoms with E-state index in [0.29, 0.717) is 18.8 Å². The average molecular weight is 301 g/mol. The van der Waals surface area contributed by atoms with Gasteiger partial charge >= 0.3 is 0 Å². The number of hydrogen-bond donors (Lipinski definition) is 1. The monoisotopic (exact) mass is 301 g/mol. The van der Waals surface area contributed by atoms with E-state index in [0.717, 1.165) is 12.1 Å². The van der Waals surface area contributed by atoms with E-state index in [1.807, 2.05) is 30.3 Å². The first-order valence-electron chi connectivity index (χ1n) is 7.24. The number of hydrogen-bond acceptors (Lipinski definition) is 5. The lowest BCUT2D eigenvalue weighted by Gasteiger charge is -2.35. The Morgan fingerprint density at radius 1 is 1.36 bits per heavy atom. The highest BCUT2D eigenvalue weighted by atomic mass is 16.5. The molecule has 1 aliphatic heterocycles. The van der Waals surface area contributed by atoms with Crippen molar-refractivity contribution in [1.82, 2.24) is 19.9 Å². The van der Waals surface area contributed by atoms with E-state index in [9.17, 15) is 4.79 Å². The van der Waals surface area contributed by atoms with Crippen LogP contribution in [0, 0.1) is 0 Å². The molecular formula is C15H19N5O2. The van der Waals surface area contributed by atoms with Crippen LogP contribution in [0.4, 0.5) is 0 Å². The second-order valence-corrected chi connectivity index (χ2v) is 5.34. The summed E-state index contributed by atoms with van der Waals surface area (Å²) in [6.07, 6.45) is 2.07. The molecule has 2 aromatic rings. The van der Waals surface area contributed by atoms with Crippen molar-refractivity contribution < 1.29 is 9.53 Å². The molecule has 0 bridgehead atoms. The molecule has 116 valence electrons. The Kier molecular flexibility index (Phi) is 4.17. The molecule has 2 atom stereocenters. The highest BCUT2D eigenvalue weighted by Crippen LogP contribution is 2.16. The van der Waals surface area contributed by atoms with Crippen molar-refractivity contribution in [2.45, 2.75) is 18.6 Å². The maximum atomic E-state index is 12.8. The predicted octanol–water partition coefficient (Wildman–Crippen LogP) is 0.455. The average Bonchev–Trinajstić information content (AvgIpc) is 3.05. The summed E-state index contributed by atoms with van der Waals surface area (Å²) < 4.78 is 6.91. The summed E-state index contributed by atoms with van der Waals surface area (Å²) in [5.41, 5.74) is 7.25. The summed E-state index contributed by atoms with van der Waals surface area (Å²) >= 11 is 0. The van der Waals surface area contributed by atoms with E-state index in [1.54, 1.807) is 16.7 Å². The zero-order valence-corrected chi connectivity index (χ0v) is 12.4. The zero-order valence-electron chi connectivity index (χ0n) is 12.4. The molecule has 2 N–H and O–H groups in total. The summed E-state index contributed by atoms with van der Waals surface area (Å²) in [5.74, 6) is -0.109. The molecule has 1 amide bonds. The molecule has 0 radical (unpaired) electrons. The molecule has 1 aromatic carbocycles. The van der Waals surface area contributed by atoms with Crippen LogP contribution in [-0.4, -0.2) is 58.1 Å². The Hall–Kier alpha value is -2.25. The van der Waals surface area contributed by atoms with Crippen molar-refractivity contribution in [1.29, 1.82) is 0 Å². The van der Waals surface area contributed by atoms with Gasteiger partial charge in [-0.05, 0) is 18.6 Å². The maximum absolute atomic E-state index is 12.8. The Morgan fingerprint density at radius 2 is 2.14 bits per heavy atom. The Labute approximate surface area is 128 Å². The molecule has 0 spiro atoms. The molecule has 1 aliphatic rings. The SMILES string of the molecule is CO[C@@H]1CN(C(=O)c2cnnn2-c2ccccc2)CC[C@@H]1N. The minimum Gasteiger partial charge on any atom is -0.378 e. The first-order valence-corrected chi connectivity index (χ1v) is 7.24. The van der Waals surface area contributed by atoms with Gasteiger partial charge in [0.1, 0.15) is 0 Å². The van der Waals surface area contributed by atoms with Crippen LogP contribution in [0.15, 0.2) is 36.5 Å². The number of para-hydroxylation sites is 1. The number of methoxy groups -OCH3 is 1. The van der Waals surface area contributed by atoms with E-state index < -0.39 is 0 Å². The number of piperidine rings is 1. The van der Waals surface area contributed by atoms with E-state index in [2.05, 4.69) is 10.3 Å². The molecular weight excluding hydrogens is 282 g/mol. The van der Waals surface area contributed by atoms with Gasteiger partial charge in [-0.1, -0.05) is 23.4 Å². The van der Waals surface area contributed by atoms with Crippen LogP contribution >= 0.6 is 0 Å². The van der Waals surface area contributed by atoms with Crippen molar-refractivity contribution in [3.05, 3.63) is 42.2 Å². The third kappa shape index (κ3) is 2.72. The van der Waals surface area contributed by atoms with Gasteiger partial charge in [-0.25, -0.2) is 4.68 Å². The molecule has 0 unspecified atom stereocenters. The van der Waals surface area contributed by atoms with Gasteiger partial charge in [0, 0.05) is 26.2 Å². The summed E-state index contributed by atoms with van der Waals surface area (Å²) in [5, 5.41) is 7.90. The Balaban J connectivity index is 1.83. The van der Waals surface area contributed by atoms with Gasteiger partial charge in [0.15, 0.2) is 5.69 Å². The molecule has 0 aliphatic carbocycles. The van der Waals surface area contributed by atoms with Crippen LogP contribution < -0.4 is 5.73 Å². The van der Waals surface area contributed by atoms with Crippen LogP contribution in [0.1, 0.15) is 16.9 Å². The molecule has 7 heteroatoms. The number of aromatic nitrogens is 3. The van der Waals surface area contributed by atoms with E-state index in [-0.39, 0.29) is 18.1 Å². The summed E-state index contributed by atoms with van der Waals surface area (Å²) in [7, 11) is 1.62. The number of rotatable bonds is 3. The maximum Gasteiger partial charge on any atom is 0.274 e. The molecule has 1 saturated heterocycles. The first-order chi connectivity index (χ1) is 10.7. The molecule has 7 nitrogen and oxygen atoms in total. The quantitative estimate of drug-likeness (QED) is 0.890. The van der Waals surface area contributed by atoms with E-state index in [1.165, 1.54) is 6.20 Å². The van der Waals surface area contributed by atoms with Gasteiger partial charge < -0.3 is 15.4 Å². The largest absolute Gasteiger partial charge is 0.378 e. The number of nitrogens with zero attached hydrogens (tertiary/aromatic N) is 4. The summed E-state index contributed by atoms with van der Waals surface area (Å²) in [4.78, 5) is 14.5. The van der Waals surface area contributed by atoms with Gasteiger partial charge in [0.25, 0.3) is 5.91 Å². The number of likely N-dealkylation sites (tertiary alicyclic amines) is 1. The lowest BCUT2D eigenvalue weighted by Crippen LogP contribution is -2.53. The standard InChI is InChI=1S/C15H19N5O2/c1-22-14-10-19(8-7-12(14)16)15(21)13-9-17-18-20(13)11-5-3-2-4-6-11/h2-6,9,12,14H,7-8,10,16H2,1H3/t12-,14+/m0/s1. The highest BCUT2D eigenvalue weighted by molar-refractivity contribution is 5.93. The number of carbonyl (C=O) groups excluding carboxylic acids is 1. The third-order valence-corrected chi connectivity index (χ3v) is 3.97. The van der Waals surface area contributed by atoms with Crippen molar-refractivity contribution in [3.8, 4) is 5.69 Å². The molecule has 22 heavy (non-hydrogen) atoms. The molecule has 1 fully saturated rings. The van der Waals surface area contributed by atoms with Crippen molar-refractivity contribution in [3.63, 3.8) is 0 Å². The number of nitrogens with two attached hydrogens (primary N) is 1. The van der Waals surface area contributed by atoms with E-state index >= 15 is 0 Å². The van der Waals surface area contributed by atoms with Crippen LogP contribution in [0.5, 0.6) is 0 Å². The molecule has 0 saturated carbocycles. The second kappa shape index (κ2) is 6.25. The second-order valence-electron chi connectivity index (χ2n) is 5.34. The topological polar surface area (TPSA) is 86.3 Å². The predicted molar refractivity (Wildman–Crippen MR) is 80.7 cm³/mol. The highest BCUT2D eigenvalue weighted by Gasteiger charge is 2.31. The fourth-order valence-corrected chi connectivity index (χ4v) is 2.67. The van der Waals surface area contributed by atoms with Gasteiger partial charge in [-0.15, -0.1) is 5.10 Å². The van der Waals surface area contributed by atoms with Crippen molar-refractivity contribution in [2.75, 3.05) is 20.2 Å². The van der Waals surface area contributed by atoms with Crippen LogP contribution in [-0.2, 0) is 4.74 Å². The normalized spacial score (nSPS) is 21.8. The number of carbonyl (C=O) groups is 1. The number of ether oxygens (including phenoxy) is 1. The van der Waals surface area contributed by atoms with Crippen molar-refractivity contribution in [2.24, 2.45) is 5.73 Å². The van der Waals surface area contributed by atoms with E-state index in [4.69, 9.17) is 10.5 Å². The Bertz CT molecular complexity index is 642. The third-order valence-electron chi connectivity index (χ3n) is 3.97. The van der Waals surface area contributed by atoms with Crippen LogP contribution in [0.3, 0.4) is 0 Å². The summed E-state index contributed by atoms with van der Waals surface area (Å²) in [6.45, 7) is 1.09. The minimum absolute atomic E-state index is 0.0359. The fourth-order valence-electron chi connectivity index (χ4n) is 2.67. The van der Waals surface area contributed by atoms with Crippen LogP contribution in [0.25, 0.3) is 5.69 Å². The molecule has 2 heterocycles. The Morgan fingerprint density at radius 3 is 2.86 bits per heavy atom. The van der Waals surface area contributed by atoms with Gasteiger partial charge in [0.2, 0.25) is 0 Å². The van der Waals surface area contributed by atoms with Gasteiger partial charge in [-0.2, -0.15) is 0 Å². The lowest BCUT2D eigenvalue weighted by atomic mass is 10.0. The smallest absolute Gasteiger partial charge is 0.274 e.